The number of carbonyl (C=O) groups is 1. The van der Waals surface area contributed by atoms with Crippen LogP contribution in [-0.4, -0.2) is 41.6 Å². The van der Waals surface area contributed by atoms with Gasteiger partial charge in [-0.2, -0.15) is 0 Å². The number of benzene rings is 1. The van der Waals surface area contributed by atoms with Crippen molar-refractivity contribution in [3.05, 3.63) is 36.2 Å². The first-order valence-corrected chi connectivity index (χ1v) is 7.67. The molecule has 0 bridgehead atoms. The third kappa shape index (κ3) is 3.47. The van der Waals surface area contributed by atoms with Gasteiger partial charge >= 0.3 is 0 Å². The molecule has 8 heteroatoms. The summed E-state index contributed by atoms with van der Waals surface area (Å²) < 4.78 is 16.2. The van der Waals surface area contributed by atoms with E-state index in [2.05, 4.69) is 20.3 Å². The lowest BCUT2D eigenvalue weighted by molar-refractivity contribution is 0.0957. The lowest BCUT2D eigenvalue weighted by atomic mass is 10.3. The number of ether oxygens (including phenoxy) is 3. The Morgan fingerprint density at radius 2 is 1.84 bits per heavy atom. The Hall–Kier alpha value is -3.29. The van der Waals surface area contributed by atoms with Gasteiger partial charge in [0, 0.05) is 30.9 Å². The molecule has 3 rings (SSSR count). The molecule has 2 aromatic heterocycles. The molecular weight excluding hydrogens is 324 g/mol. The zero-order valence-corrected chi connectivity index (χ0v) is 14.1. The van der Waals surface area contributed by atoms with Crippen LogP contribution in [0, 0.1) is 0 Å². The monoisotopic (exact) mass is 342 g/mol. The third-order valence-electron chi connectivity index (χ3n) is 3.49. The SMILES string of the molecule is CCNC(=O)c1c[nH]c2ncc(Oc3cc(OC)cc(OC)c3)nc12. The first-order chi connectivity index (χ1) is 12.1. The largest absolute Gasteiger partial charge is 0.496 e. The van der Waals surface area contributed by atoms with Crippen molar-refractivity contribution in [1.82, 2.24) is 20.3 Å². The van der Waals surface area contributed by atoms with Gasteiger partial charge in [-0.3, -0.25) is 4.79 Å². The number of H-pyrrole nitrogens is 1. The minimum absolute atomic E-state index is 0.219. The molecule has 2 N–H and O–H groups in total. The number of rotatable bonds is 6. The van der Waals surface area contributed by atoms with Crippen LogP contribution in [0.1, 0.15) is 17.3 Å². The summed E-state index contributed by atoms with van der Waals surface area (Å²) in [6.07, 6.45) is 3.06. The van der Waals surface area contributed by atoms with E-state index in [0.717, 1.165) is 0 Å². The number of aromatic nitrogens is 3. The Morgan fingerprint density at radius 3 is 2.48 bits per heavy atom. The van der Waals surface area contributed by atoms with Crippen molar-refractivity contribution in [2.45, 2.75) is 6.92 Å². The minimum Gasteiger partial charge on any atom is -0.496 e. The van der Waals surface area contributed by atoms with Gasteiger partial charge in [0.25, 0.3) is 5.91 Å². The number of fused-ring (bicyclic) bond motifs is 1. The van der Waals surface area contributed by atoms with Crippen molar-refractivity contribution in [2.75, 3.05) is 20.8 Å². The second kappa shape index (κ2) is 7.08. The molecule has 2 heterocycles. The maximum Gasteiger partial charge on any atom is 0.255 e. The van der Waals surface area contributed by atoms with Crippen LogP contribution in [0.4, 0.5) is 0 Å². The fraction of sp³-hybridized carbons (Fsp3) is 0.235. The van der Waals surface area contributed by atoms with Gasteiger partial charge in [-0.15, -0.1) is 0 Å². The number of nitrogens with zero attached hydrogens (tertiary/aromatic N) is 2. The van der Waals surface area contributed by atoms with Crippen LogP contribution in [-0.2, 0) is 0 Å². The predicted molar refractivity (Wildman–Crippen MR) is 91.5 cm³/mol. The van der Waals surface area contributed by atoms with Crippen LogP contribution in [0.5, 0.6) is 23.1 Å². The maximum absolute atomic E-state index is 12.1. The van der Waals surface area contributed by atoms with Crippen molar-refractivity contribution in [1.29, 1.82) is 0 Å². The fourth-order valence-electron chi connectivity index (χ4n) is 2.31. The molecule has 0 saturated carbocycles. The number of nitrogens with one attached hydrogen (secondary N) is 2. The molecule has 0 radical (unpaired) electrons. The van der Waals surface area contributed by atoms with Crippen LogP contribution in [0.3, 0.4) is 0 Å². The van der Waals surface area contributed by atoms with Crippen molar-refractivity contribution in [3.8, 4) is 23.1 Å². The van der Waals surface area contributed by atoms with Gasteiger partial charge in [-0.05, 0) is 6.92 Å². The highest BCUT2D eigenvalue weighted by Gasteiger charge is 2.15. The van der Waals surface area contributed by atoms with E-state index < -0.39 is 0 Å². The maximum atomic E-state index is 12.1. The molecule has 0 spiro atoms. The molecule has 1 amide bonds. The van der Waals surface area contributed by atoms with Gasteiger partial charge in [0.1, 0.15) is 22.8 Å². The van der Waals surface area contributed by atoms with Gasteiger partial charge < -0.3 is 24.5 Å². The Labute approximate surface area is 144 Å². The molecule has 0 aliphatic heterocycles. The van der Waals surface area contributed by atoms with Crippen LogP contribution < -0.4 is 19.5 Å². The predicted octanol–water partition coefficient (Wildman–Crippen LogP) is 2.52. The molecule has 1 aromatic carbocycles. The third-order valence-corrected chi connectivity index (χ3v) is 3.49. The van der Waals surface area contributed by atoms with Crippen molar-refractivity contribution in [3.63, 3.8) is 0 Å². The van der Waals surface area contributed by atoms with Gasteiger partial charge in [-0.25, -0.2) is 9.97 Å². The van der Waals surface area contributed by atoms with Gasteiger partial charge in [-0.1, -0.05) is 0 Å². The summed E-state index contributed by atoms with van der Waals surface area (Å²) >= 11 is 0. The average molecular weight is 342 g/mol. The van der Waals surface area contributed by atoms with Gasteiger partial charge in [0.05, 0.1) is 26.0 Å². The highest BCUT2D eigenvalue weighted by molar-refractivity contribution is 6.04. The van der Waals surface area contributed by atoms with E-state index in [0.29, 0.717) is 40.5 Å². The van der Waals surface area contributed by atoms with Crippen molar-refractivity contribution >= 4 is 17.1 Å². The topological polar surface area (TPSA) is 98.4 Å². The van der Waals surface area contributed by atoms with Crippen molar-refractivity contribution < 1.29 is 19.0 Å². The van der Waals surface area contributed by atoms with Gasteiger partial charge in [0.15, 0.2) is 5.65 Å². The molecule has 0 fully saturated rings. The van der Waals surface area contributed by atoms with Crippen LogP contribution in [0.2, 0.25) is 0 Å². The molecule has 0 aliphatic rings. The van der Waals surface area contributed by atoms with E-state index in [-0.39, 0.29) is 11.8 Å². The van der Waals surface area contributed by atoms with E-state index in [9.17, 15) is 4.79 Å². The number of methoxy groups -OCH3 is 2. The number of aromatic amines is 1. The van der Waals surface area contributed by atoms with Crippen LogP contribution in [0.25, 0.3) is 11.2 Å². The molecule has 130 valence electrons. The summed E-state index contributed by atoms with van der Waals surface area (Å²) in [7, 11) is 3.12. The Morgan fingerprint density at radius 1 is 1.16 bits per heavy atom. The van der Waals surface area contributed by atoms with E-state index in [1.165, 1.54) is 6.20 Å². The summed E-state index contributed by atoms with van der Waals surface area (Å²) in [4.78, 5) is 23.6. The highest BCUT2D eigenvalue weighted by atomic mass is 16.5. The molecule has 8 nitrogen and oxygen atoms in total. The van der Waals surface area contributed by atoms with Crippen molar-refractivity contribution in [2.24, 2.45) is 0 Å². The molecule has 0 atom stereocenters. The lowest BCUT2D eigenvalue weighted by Gasteiger charge is -2.09. The first kappa shape index (κ1) is 16.6. The summed E-state index contributed by atoms with van der Waals surface area (Å²) in [6, 6.07) is 5.15. The second-order valence-corrected chi connectivity index (χ2v) is 5.12. The molecule has 3 aromatic rings. The Kier molecular flexibility index (Phi) is 4.69. The second-order valence-electron chi connectivity index (χ2n) is 5.12. The molecule has 0 saturated heterocycles. The number of amides is 1. The summed E-state index contributed by atoms with van der Waals surface area (Å²) in [5.41, 5.74) is 1.37. The molecule has 0 aliphatic carbocycles. The zero-order valence-electron chi connectivity index (χ0n) is 14.1. The molecular formula is C17H18N4O4. The number of hydrogen-bond acceptors (Lipinski definition) is 6. The minimum atomic E-state index is -0.219. The summed E-state index contributed by atoms with van der Waals surface area (Å²) in [6.45, 7) is 2.38. The van der Waals surface area contributed by atoms with Crippen LogP contribution >= 0.6 is 0 Å². The zero-order chi connectivity index (χ0) is 17.8. The van der Waals surface area contributed by atoms with E-state index >= 15 is 0 Å². The van der Waals surface area contributed by atoms with E-state index in [1.807, 2.05) is 6.92 Å². The normalized spacial score (nSPS) is 10.5. The fourth-order valence-corrected chi connectivity index (χ4v) is 2.31. The summed E-state index contributed by atoms with van der Waals surface area (Å²) in [5.74, 6) is 1.71. The van der Waals surface area contributed by atoms with E-state index in [1.54, 1.807) is 38.6 Å². The Balaban J connectivity index is 1.94. The standard InChI is InChI=1S/C17H18N4O4/c1-4-18-17(22)13-8-19-16-15(13)21-14(9-20-16)25-12-6-10(23-2)5-11(7-12)24-3/h5-9H,4H2,1-3H3,(H,18,22)(H,19,20). The number of carbonyl (C=O) groups excluding carboxylic acids is 1. The molecule has 25 heavy (non-hydrogen) atoms. The highest BCUT2D eigenvalue weighted by Crippen LogP contribution is 2.30. The quantitative estimate of drug-likeness (QED) is 0.714. The summed E-state index contributed by atoms with van der Waals surface area (Å²) in [5, 5.41) is 2.74. The molecule has 0 unspecified atom stereocenters. The van der Waals surface area contributed by atoms with Crippen LogP contribution in [0.15, 0.2) is 30.6 Å². The smallest absolute Gasteiger partial charge is 0.255 e. The average Bonchev–Trinajstić information content (AvgIpc) is 3.04. The van der Waals surface area contributed by atoms with Gasteiger partial charge in [0.2, 0.25) is 5.88 Å². The first-order valence-electron chi connectivity index (χ1n) is 7.67. The number of hydrogen-bond donors (Lipinski definition) is 2. The van der Waals surface area contributed by atoms with E-state index in [4.69, 9.17) is 14.2 Å². The Bertz CT molecular complexity index is 885. The lowest BCUT2D eigenvalue weighted by Crippen LogP contribution is -2.22.